The number of fused-ring (bicyclic) bond motifs is 1. The van der Waals surface area contributed by atoms with Gasteiger partial charge in [0.25, 0.3) is 0 Å². The third-order valence-corrected chi connectivity index (χ3v) is 5.19. The van der Waals surface area contributed by atoms with Crippen LogP contribution in [0, 0.1) is 0 Å². The number of halogens is 1. The normalized spacial score (nSPS) is 15.1. The van der Waals surface area contributed by atoms with E-state index in [2.05, 4.69) is 15.3 Å². The molecule has 1 aromatic heterocycles. The second kappa shape index (κ2) is 7.48. The molecule has 7 heteroatoms. The Balaban J connectivity index is 1.38. The van der Waals surface area contributed by atoms with E-state index in [-0.39, 0.29) is 6.03 Å². The van der Waals surface area contributed by atoms with Crippen molar-refractivity contribution in [3.05, 3.63) is 53.3 Å². The van der Waals surface area contributed by atoms with Gasteiger partial charge < -0.3 is 19.9 Å². The molecule has 2 heterocycles. The number of urea groups is 1. The van der Waals surface area contributed by atoms with Crippen LogP contribution in [-0.2, 0) is 0 Å². The first-order valence-corrected chi connectivity index (χ1v) is 9.35. The van der Waals surface area contributed by atoms with Gasteiger partial charge in [0.05, 0.1) is 18.1 Å². The van der Waals surface area contributed by atoms with Crippen LogP contribution in [0.15, 0.2) is 42.5 Å². The molecule has 0 aliphatic carbocycles. The number of carbonyl (C=O) groups excluding carboxylic acids is 1. The van der Waals surface area contributed by atoms with Crippen molar-refractivity contribution in [2.24, 2.45) is 0 Å². The summed E-state index contributed by atoms with van der Waals surface area (Å²) in [5.74, 6) is 2.01. The third-order valence-electron chi connectivity index (χ3n) is 4.95. The van der Waals surface area contributed by atoms with Gasteiger partial charge in [-0.1, -0.05) is 17.7 Å². The lowest BCUT2D eigenvalue weighted by Crippen LogP contribution is -2.40. The van der Waals surface area contributed by atoms with Crippen molar-refractivity contribution in [1.29, 1.82) is 0 Å². The van der Waals surface area contributed by atoms with Crippen molar-refractivity contribution in [2.75, 3.05) is 25.5 Å². The molecule has 2 aromatic carbocycles. The summed E-state index contributed by atoms with van der Waals surface area (Å²) in [6, 6.07) is 12.9. The fourth-order valence-electron chi connectivity index (χ4n) is 3.45. The van der Waals surface area contributed by atoms with Crippen molar-refractivity contribution in [3.63, 3.8) is 0 Å². The number of amides is 2. The second-order valence-electron chi connectivity index (χ2n) is 6.71. The van der Waals surface area contributed by atoms with E-state index in [1.165, 1.54) is 0 Å². The lowest BCUT2D eigenvalue weighted by molar-refractivity contribution is 0.193. The predicted molar refractivity (Wildman–Crippen MR) is 107 cm³/mol. The molecule has 27 heavy (non-hydrogen) atoms. The number of aromatic amines is 1. The molecule has 0 unspecified atom stereocenters. The van der Waals surface area contributed by atoms with Gasteiger partial charge in [-0.25, -0.2) is 9.78 Å². The van der Waals surface area contributed by atoms with Crippen molar-refractivity contribution >= 4 is 34.4 Å². The van der Waals surface area contributed by atoms with Gasteiger partial charge in [0.2, 0.25) is 0 Å². The largest absolute Gasteiger partial charge is 0.497 e. The summed E-state index contributed by atoms with van der Waals surface area (Å²) in [5.41, 5.74) is 2.61. The molecule has 1 saturated heterocycles. The molecule has 1 aliphatic rings. The lowest BCUT2D eigenvalue weighted by atomic mass is 9.96. The number of rotatable bonds is 3. The number of nitrogens with one attached hydrogen (secondary N) is 2. The van der Waals surface area contributed by atoms with Crippen LogP contribution < -0.4 is 10.1 Å². The standard InChI is InChI=1S/C20H21ClN4O2/c1-27-16-4-2-3-15(12-16)22-20(26)25-9-7-13(8-10-25)19-23-17-6-5-14(21)11-18(17)24-19/h2-6,11-13H,7-10H2,1H3,(H,22,26)(H,23,24). The summed E-state index contributed by atoms with van der Waals surface area (Å²) >= 11 is 6.05. The van der Waals surface area contributed by atoms with Crippen LogP contribution in [0.1, 0.15) is 24.6 Å². The van der Waals surface area contributed by atoms with E-state index in [1.54, 1.807) is 7.11 Å². The van der Waals surface area contributed by atoms with Gasteiger partial charge in [0, 0.05) is 35.8 Å². The Bertz CT molecular complexity index is 964. The van der Waals surface area contributed by atoms with Gasteiger partial charge in [-0.15, -0.1) is 0 Å². The number of methoxy groups -OCH3 is 1. The molecule has 140 valence electrons. The number of nitrogens with zero attached hydrogens (tertiary/aromatic N) is 2. The summed E-state index contributed by atoms with van der Waals surface area (Å²) in [6.45, 7) is 1.39. The highest BCUT2D eigenvalue weighted by Crippen LogP contribution is 2.29. The molecule has 0 spiro atoms. The smallest absolute Gasteiger partial charge is 0.321 e. The predicted octanol–water partition coefficient (Wildman–Crippen LogP) is 4.64. The van der Waals surface area contributed by atoms with Crippen molar-refractivity contribution in [1.82, 2.24) is 14.9 Å². The van der Waals surface area contributed by atoms with Gasteiger partial charge in [-0.3, -0.25) is 0 Å². The maximum Gasteiger partial charge on any atom is 0.321 e. The average Bonchev–Trinajstić information content (AvgIpc) is 3.11. The van der Waals surface area contributed by atoms with Gasteiger partial charge in [0.1, 0.15) is 11.6 Å². The minimum atomic E-state index is -0.0851. The van der Waals surface area contributed by atoms with Gasteiger partial charge >= 0.3 is 6.03 Å². The average molecular weight is 385 g/mol. The Kier molecular flexibility index (Phi) is 4.90. The highest BCUT2D eigenvalue weighted by atomic mass is 35.5. The molecular formula is C20H21ClN4O2. The Morgan fingerprint density at radius 3 is 2.85 bits per heavy atom. The van der Waals surface area contributed by atoms with Crippen molar-refractivity contribution < 1.29 is 9.53 Å². The Hall–Kier alpha value is -2.73. The number of ether oxygens (including phenoxy) is 1. The Morgan fingerprint density at radius 2 is 2.07 bits per heavy atom. The number of H-pyrrole nitrogens is 1. The number of carbonyl (C=O) groups is 1. The Labute approximate surface area is 162 Å². The van der Waals surface area contributed by atoms with E-state index in [0.717, 1.165) is 41.1 Å². The van der Waals surface area contributed by atoms with Crippen LogP contribution in [0.5, 0.6) is 5.75 Å². The lowest BCUT2D eigenvalue weighted by Gasteiger charge is -2.31. The summed E-state index contributed by atoms with van der Waals surface area (Å²) < 4.78 is 5.19. The first-order valence-electron chi connectivity index (χ1n) is 8.97. The highest BCUT2D eigenvalue weighted by molar-refractivity contribution is 6.31. The number of aromatic nitrogens is 2. The zero-order chi connectivity index (χ0) is 18.8. The third kappa shape index (κ3) is 3.85. The number of imidazole rings is 1. The monoisotopic (exact) mass is 384 g/mol. The van der Waals surface area contributed by atoms with E-state index >= 15 is 0 Å². The summed E-state index contributed by atoms with van der Waals surface area (Å²) in [5, 5.41) is 3.63. The molecule has 2 N–H and O–H groups in total. The molecule has 0 atom stereocenters. The number of hydrogen-bond acceptors (Lipinski definition) is 3. The minimum absolute atomic E-state index is 0.0851. The molecule has 2 amide bonds. The van der Waals surface area contributed by atoms with Crippen LogP contribution in [0.3, 0.4) is 0 Å². The fourth-order valence-corrected chi connectivity index (χ4v) is 3.63. The molecule has 0 bridgehead atoms. The van der Waals surface area contributed by atoms with E-state index < -0.39 is 0 Å². The first-order chi connectivity index (χ1) is 13.1. The van der Waals surface area contributed by atoms with Gasteiger partial charge in [-0.2, -0.15) is 0 Å². The quantitative estimate of drug-likeness (QED) is 0.691. The SMILES string of the molecule is COc1cccc(NC(=O)N2CCC(c3nc4ccc(Cl)cc4[nH]3)CC2)c1. The molecular weight excluding hydrogens is 364 g/mol. The highest BCUT2D eigenvalue weighted by Gasteiger charge is 2.26. The molecule has 1 fully saturated rings. The first kappa shape index (κ1) is 17.7. The van der Waals surface area contributed by atoms with Crippen molar-refractivity contribution in [2.45, 2.75) is 18.8 Å². The summed E-state index contributed by atoms with van der Waals surface area (Å²) in [4.78, 5) is 22.4. The van der Waals surface area contributed by atoms with Gasteiger partial charge in [-0.05, 0) is 43.2 Å². The Morgan fingerprint density at radius 1 is 1.26 bits per heavy atom. The summed E-state index contributed by atoms with van der Waals surface area (Å²) in [6.07, 6.45) is 1.75. The topological polar surface area (TPSA) is 70.2 Å². The molecule has 3 aromatic rings. The molecule has 6 nitrogen and oxygen atoms in total. The number of anilines is 1. The van der Waals surface area contributed by atoms with E-state index in [4.69, 9.17) is 16.3 Å². The molecule has 0 radical (unpaired) electrons. The number of likely N-dealkylation sites (tertiary alicyclic amines) is 1. The van der Waals surface area contributed by atoms with Crippen LogP contribution >= 0.6 is 11.6 Å². The fraction of sp³-hybridized carbons (Fsp3) is 0.300. The molecule has 0 saturated carbocycles. The molecule has 4 rings (SSSR count). The zero-order valence-electron chi connectivity index (χ0n) is 15.0. The van der Waals surface area contributed by atoms with Gasteiger partial charge in [0.15, 0.2) is 0 Å². The minimum Gasteiger partial charge on any atom is -0.497 e. The van der Waals surface area contributed by atoms with Crippen LogP contribution in [0.4, 0.5) is 10.5 Å². The van der Waals surface area contributed by atoms with E-state index in [9.17, 15) is 4.79 Å². The van der Waals surface area contributed by atoms with Crippen molar-refractivity contribution in [3.8, 4) is 5.75 Å². The van der Waals surface area contributed by atoms with E-state index in [0.29, 0.717) is 24.0 Å². The second-order valence-corrected chi connectivity index (χ2v) is 7.14. The maximum absolute atomic E-state index is 12.5. The number of benzene rings is 2. The number of piperidine rings is 1. The zero-order valence-corrected chi connectivity index (χ0v) is 15.8. The van der Waals surface area contributed by atoms with E-state index in [1.807, 2.05) is 47.4 Å². The number of hydrogen-bond donors (Lipinski definition) is 2. The molecule has 1 aliphatic heterocycles. The summed E-state index contributed by atoms with van der Waals surface area (Å²) in [7, 11) is 1.61. The van der Waals surface area contributed by atoms with Crippen LogP contribution in [0.2, 0.25) is 5.02 Å². The van der Waals surface area contributed by atoms with Crippen LogP contribution in [0.25, 0.3) is 11.0 Å². The van der Waals surface area contributed by atoms with Crippen LogP contribution in [-0.4, -0.2) is 41.1 Å². The maximum atomic E-state index is 12.5.